The van der Waals surface area contributed by atoms with Gasteiger partial charge in [0.25, 0.3) is 0 Å². The Morgan fingerprint density at radius 3 is 2.23 bits per heavy atom. The van der Waals surface area contributed by atoms with Crippen molar-refractivity contribution in [3.05, 3.63) is 64.2 Å². The largest absolute Gasteiger partial charge is 0.530 e. The SMILES string of the molecule is COc1ccc(N(C)C(=O)[O-])cc1C1=C(CN2C(=O)O[C@H](c3cc(C(F)(F)F)cc(C(F)(F)F)c3)[C@@H]2C)CC(C)(C)CC1. The highest BCUT2D eigenvalue weighted by atomic mass is 19.4. The second kappa shape index (κ2) is 11.3. The first-order valence-corrected chi connectivity index (χ1v) is 13.4. The van der Waals surface area contributed by atoms with E-state index in [1.165, 1.54) is 26.0 Å². The summed E-state index contributed by atoms with van der Waals surface area (Å²) in [5.74, 6) is 0.460. The number of ether oxygens (including phenoxy) is 2. The van der Waals surface area contributed by atoms with Gasteiger partial charge in [0, 0.05) is 24.8 Å². The summed E-state index contributed by atoms with van der Waals surface area (Å²) >= 11 is 0. The maximum atomic E-state index is 13.5. The second-order valence-electron chi connectivity index (χ2n) is 11.6. The van der Waals surface area contributed by atoms with Gasteiger partial charge >= 0.3 is 18.4 Å². The van der Waals surface area contributed by atoms with E-state index in [-0.39, 0.29) is 18.0 Å². The summed E-state index contributed by atoms with van der Waals surface area (Å²) in [6, 6.07) is 5.08. The normalized spacial score (nSPS) is 20.7. The number of hydrogen-bond donors (Lipinski definition) is 0. The van der Waals surface area contributed by atoms with E-state index in [9.17, 15) is 41.0 Å². The van der Waals surface area contributed by atoms with E-state index >= 15 is 0 Å². The van der Waals surface area contributed by atoms with E-state index in [2.05, 4.69) is 0 Å². The van der Waals surface area contributed by atoms with Crippen molar-refractivity contribution in [3.63, 3.8) is 0 Å². The zero-order valence-corrected chi connectivity index (χ0v) is 24.2. The van der Waals surface area contributed by atoms with Gasteiger partial charge in [0.1, 0.15) is 17.9 Å². The molecule has 0 unspecified atom stereocenters. The van der Waals surface area contributed by atoms with Crippen molar-refractivity contribution in [3.8, 4) is 5.75 Å². The molecule has 0 saturated carbocycles. The molecule has 234 valence electrons. The van der Waals surface area contributed by atoms with Crippen LogP contribution in [0.25, 0.3) is 5.57 Å². The van der Waals surface area contributed by atoms with Crippen molar-refractivity contribution in [2.24, 2.45) is 5.41 Å². The Labute approximate surface area is 244 Å². The molecule has 1 aliphatic carbocycles. The molecule has 4 rings (SSSR count). The lowest BCUT2D eigenvalue weighted by atomic mass is 9.72. The van der Waals surface area contributed by atoms with Crippen LogP contribution in [0.3, 0.4) is 0 Å². The van der Waals surface area contributed by atoms with Gasteiger partial charge < -0.3 is 24.3 Å². The van der Waals surface area contributed by atoms with Gasteiger partial charge in [-0.2, -0.15) is 26.3 Å². The molecule has 7 nitrogen and oxygen atoms in total. The lowest BCUT2D eigenvalue weighted by molar-refractivity contribution is -0.246. The highest BCUT2D eigenvalue weighted by Gasteiger charge is 2.44. The van der Waals surface area contributed by atoms with Crippen LogP contribution in [0.15, 0.2) is 42.0 Å². The molecule has 2 aliphatic rings. The first-order chi connectivity index (χ1) is 19.8. The average molecular weight is 614 g/mol. The standard InChI is InChI=1S/C30H32F6N2O5/c1-16-25(17-10-19(29(31,32)33)12-20(11-17)30(34,35)36)43-27(41)38(16)15-18-14-28(2,3)9-8-22(18)23-13-21(37(4)26(39)40)6-7-24(23)42-5/h6-7,10-13,16,25H,8-9,14-15H2,1-5H3,(H,39,40)/p-1/t16-,25-/m0/s1. The molecule has 1 heterocycles. The Hall–Kier alpha value is -3.90. The Bertz CT molecular complexity index is 1420. The van der Waals surface area contributed by atoms with Crippen LogP contribution in [0.4, 0.5) is 41.6 Å². The first-order valence-electron chi connectivity index (χ1n) is 13.4. The minimum Gasteiger partial charge on any atom is -0.530 e. The van der Waals surface area contributed by atoms with Crippen LogP contribution in [-0.4, -0.2) is 43.8 Å². The summed E-state index contributed by atoms with van der Waals surface area (Å²) in [4.78, 5) is 26.8. The summed E-state index contributed by atoms with van der Waals surface area (Å²) in [6.07, 6.45) is -12.0. The summed E-state index contributed by atoms with van der Waals surface area (Å²) < 4.78 is 92.0. The molecule has 1 aliphatic heterocycles. The summed E-state index contributed by atoms with van der Waals surface area (Å²) in [5.41, 5.74) is -1.09. The van der Waals surface area contributed by atoms with E-state index in [0.717, 1.165) is 22.5 Å². The van der Waals surface area contributed by atoms with Crippen molar-refractivity contribution in [2.45, 2.75) is 64.5 Å². The summed E-state index contributed by atoms with van der Waals surface area (Å²) in [5, 5.41) is 11.5. The molecule has 0 radical (unpaired) electrons. The predicted octanol–water partition coefficient (Wildman–Crippen LogP) is 7.06. The summed E-state index contributed by atoms with van der Waals surface area (Å²) in [7, 11) is 2.79. The molecule has 1 saturated heterocycles. The minimum atomic E-state index is -5.05. The maximum Gasteiger partial charge on any atom is 0.416 e. The number of hydrogen-bond acceptors (Lipinski definition) is 5. The number of methoxy groups -OCH3 is 1. The third-order valence-electron chi connectivity index (χ3n) is 8.03. The number of rotatable bonds is 6. The number of carboxylic acid groups (broad SMARTS) is 1. The first kappa shape index (κ1) is 32.0. The quantitative estimate of drug-likeness (QED) is 0.326. The third kappa shape index (κ3) is 6.70. The van der Waals surface area contributed by atoms with Gasteiger partial charge in [-0.3, -0.25) is 4.90 Å². The van der Waals surface area contributed by atoms with Crippen LogP contribution < -0.4 is 14.7 Å². The zero-order chi connectivity index (χ0) is 32.1. The van der Waals surface area contributed by atoms with Crippen molar-refractivity contribution in [1.82, 2.24) is 4.90 Å². The van der Waals surface area contributed by atoms with Gasteiger partial charge in [0.15, 0.2) is 0 Å². The van der Waals surface area contributed by atoms with Gasteiger partial charge in [0.2, 0.25) is 0 Å². The molecule has 0 aromatic heterocycles. The van der Waals surface area contributed by atoms with Crippen LogP contribution in [0.2, 0.25) is 0 Å². The molecule has 2 amide bonds. The number of benzene rings is 2. The molecule has 2 atom stereocenters. The highest BCUT2D eigenvalue weighted by Crippen LogP contribution is 2.47. The van der Waals surface area contributed by atoms with Crippen LogP contribution >= 0.6 is 0 Å². The van der Waals surface area contributed by atoms with Gasteiger partial charge in [-0.15, -0.1) is 0 Å². The Balaban J connectivity index is 1.76. The number of nitrogens with zero attached hydrogens (tertiary/aromatic N) is 2. The molecule has 0 spiro atoms. The monoisotopic (exact) mass is 613 g/mol. The smallest absolute Gasteiger partial charge is 0.416 e. The number of carbonyl (C=O) groups is 2. The molecule has 0 N–H and O–H groups in total. The fraction of sp³-hybridized carbons (Fsp3) is 0.467. The number of halogens is 6. The number of cyclic esters (lactones) is 1. The van der Waals surface area contributed by atoms with Gasteiger partial charge in [0.05, 0.1) is 24.3 Å². The summed E-state index contributed by atoms with van der Waals surface area (Å²) in [6.45, 7) is 5.58. The molecule has 1 fully saturated rings. The number of anilines is 1. The topological polar surface area (TPSA) is 82.1 Å². The zero-order valence-electron chi connectivity index (χ0n) is 24.2. The molecule has 43 heavy (non-hydrogen) atoms. The van der Waals surface area contributed by atoms with Gasteiger partial charge in [-0.25, -0.2) is 4.79 Å². The average Bonchev–Trinajstić information content (AvgIpc) is 3.19. The van der Waals surface area contributed by atoms with E-state index in [0.29, 0.717) is 42.0 Å². The maximum absolute atomic E-state index is 13.5. The van der Waals surface area contributed by atoms with Gasteiger partial charge in [-0.05, 0) is 84.7 Å². The molecule has 2 aromatic carbocycles. The minimum absolute atomic E-state index is 0.00986. The molecular formula is C30H31F6N2O5-. The van der Waals surface area contributed by atoms with Crippen molar-refractivity contribution >= 4 is 23.4 Å². The number of carbonyl (C=O) groups excluding carboxylic acids is 2. The predicted molar refractivity (Wildman–Crippen MR) is 143 cm³/mol. The van der Waals surface area contributed by atoms with Crippen molar-refractivity contribution in [1.29, 1.82) is 0 Å². The van der Waals surface area contributed by atoms with Crippen LogP contribution in [-0.2, 0) is 17.1 Å². The Kier molecular flexibility index (Phi) is 8.42. The van der Waals surface area contributed by atoms with Crippen LogP contribution in [0, 0.1) is 5.41 Å². The fourth-order valence-electron chi connectivity index (χ4n) is 5.64. The number of alkyl halides is 6. The fourth-order valence-corrected chi connectivity index (χ4v) is 5.64. The van der Waals surface area contributed by atoms with Crippen LogP contribution in [0.1, 0.15) is 68.4 Å². The Morgan fingerprint density at radius 2 is 1.70 bits per heavy atom. The van der Waals surface area contributed by atoms with Crippen molar-refractivity contribution < 1.29 is 50.5 Å². The van der Waals surface area contributed by atoms with Crippen LogP contribution in [0.5, 0.6) is 5.75 Å². The number of amides is 2. The second-order valence-corrected chi connectivity index (χ2v) is 11.6. The van der Waals surface area contributed by atoms with E-state index in [1.54, 1.807) is 18.2 Å². The highest BCUT2D eigenvalue weighted by molar-refractivity contribution is 5.86. The molecule has 2 aromatic rings. The van der Waals surface area contributed by atoms with E-state index in [1.807, 2.05) is 13.8 Å². The van der Waals surface area contributed by atoms with E-state index in [4.69, 9.17) is 9.47 Å². The van der Waals surface area contributed by atoms with Crippen molar-refractivity contribution in [2.75, 3.05) is 25.6 Å². The molecule has 13 heteroatoms. The lowest BCUT2D eigenvalue weighted by Gasteiger charge is -2.36. The molecule has 0 bridgehead atoms. The Morgan fingerprint density at radius 1 is 1.09 bits per heavy atom. The van der Waals surface area contributed by atoms with E-state index < -0.39 is 53.4 Å². The molecular weight excluding hydrogens is 582 g/mol. The lowest BCUT2D eigenvalue weighted by Crippen LogP contribution is -2.38. The number of allylic oxidation sites excluding steroid dienone is 1. The van der Waals surface area contributed by atoms with Gasteiger partial charge in [-0.1, -0.05) is 13.8 Å². The third-order valence-corrected chi connectivity index (χ3v) is 8.03.